The Bertz CT molecular complexity index is 1900. The minimum Gasteiger partial charge on any atom is -0.457 e. The zero-order valence-corrected chi connectivity index (χ0v) is 34.1. The summed E-state index contributed by atoms with van der Waals surface area (Å²) in [7, 11) is 0. The average Bonchev–Trinajstić information content (AvgIpc) is 3.43. The predicted molar refractivity (Wildman–Crippen MR) is 210 cm³/mol. The molecule has 2 aromatic carbocycles. The van der Waals surface area contributed by atoms with Gasteiger partial charge in [-0.2, -0.15) is 5.26 Å². The standard InChI is InChI=1S/C41H50Cl2F2N6O5/c1-7-32(52)50-19-16-40(17-20-50,56-34(54)9-3)24-48-18-15-31(47)49-38(55)37-35(26-11-10-12-28(43)36(26)45)41(23-46,27-14-13-25(42)21-29(27)44)30(22-39(4,5)6)51(37)33(53)8-2/h10-15,18,21,30,35,37,48H,7-9,16-17,19-20,22,24H2,1-6H3,(H2,47,49,55)/b18-15-/t30-,35-,37+,41-/m0/s1. The Balaban J connectivity index is 1.75. The molecular formula is C41H50Cl2F2N6O5. The third-order valence-corrected chi connectivity index (χ3v) is 11.0. The number of amidine groups is 1. The van der Waals surface area contributed by atoms with E-state index >= 15 is 8.78 Å². The van der Waals surface area contributed by atoms with Gasteiger partial charge in [-0.05, 0) is 41.7 Å². The van der Waals surface area contributed by atoms with E-state index in [1.807, 2.05) is 20.8 Å². The lowest BCUT2D eigenvalue weighted by Crippen LogP contribution is -2.53. The molecule has 56 heavy (non-hydrogen) atoms. The Labute approximate surface area is 337 Å². The van der Waals surface area contributed by atoms with E-state index < -0.39 is 69.7 Å². The summed E-state index contributed by atoms with van der Waals surface area (Å²) in [6.45, 7) is 11.7. The highest BCUT2D eigenvalue weighted by atomic mass is 35.5. The fourth-order valence-electron chi connectivity index (χ4n) is 7.86. The van der Waals surface area contributed by atoms with Gasteiger partial charge in [0.05, 0.1) is 23.7 Å². The number of piperidine rings is 1. The third-order valence-electron chi connectivity index (χ3n) is 10.5. The number of nitrogens with one attached hydrogen (secondary N) is 3. The molecule has 2 aromatic rings. The first-order valence-electron chi connectivity index (χ1n) is 18.8. The lowest BCUT2D eigenvalue weighted by atomic mass is 9.62. The van der Waals surface area contributed by atoms with Gasteiger partial charge in [0.15, 0.2) is 0 Å². The maximum atomic E-state index is 16.3. The monoisotopic (exact) mass is 814 g/mol. The Morgan fingerprint density at radius 3 is 2.27 bits per heavy atom. The molecule has 4 rings (SSSR count). The number of esters is 1. The highest BCUT2D eigenvalue weighted by Crippen LogP contribution is 2.57. The van der Waals surface area contributed by atoms with Gasteiger partial charge in [-0.25, -0.2) is 8.78 Å². The van der Waals surface area contributed by atoms with Crippen LogP contribution in [0.4, 0.5) is 8.78 Å². The minimum atomic E-state index is -2.04. The summed E-state index contributed by atoms with van der Waals surface area (Å²) in [5.41, 5.74) is -3.89. The fraction of sp³-hybridized carbons (Fsp3) is 0.512. The number of carbonyl (C=O) groups excluding carboxylic acids is 4. The van der Waals surface area contributed by atoms with Crippen molar-refractivity contribution in [2.24, 2.45) is 5.41 Å². The molecule has 0 aromatic heterocycles. The van der Waals surface area contributed by atoms with E-state index in [2.05, 4.69) is 16.7 Å². The van der Waals surface area contributed by atoms with Crippen molar-refractivity contribution >= 4 is 52.7 Å². The molecule has 0 bridgehead atoms. The molecule has 0 radical (unpaired) electrons. The summed E-state index contributed by atoms with van der Waals surface area (Å²) in [5, 5.41) is 25.3. The van der Waals surface area contributed by atoms with E-state index in [0.29, 0.717) is 32.4 Å². The van der Waals surface area contributed by atoms with Crippen LogP contribution in [-0.2, 0) is 29.3 Å². The first kappa shape index (κ1) is 44.2. The van der Waals surface area contributed by atoms with Crippen LogP contribution >= 0.6 is 23.2 Å². The van der Waals surface area contributed by atoms with Crippen molar-refractivity contribution in [2.45, 2.75) is 109 Å². The van der Waals surface area contributed by atoms with Gasteiger partial charge < -0.3 is 25.2 Å². The second-order valence-corrected chi connectivity index (χ2v) is 16.3. The van der Waals surface area contributed by atoms with Crippen molar-refractivity contribution < 1.29 is 32.7 Å². The highest BCUT2D eigenvalue weighted by molar-refractivity contribution is 6.31. The predicted octanol–water partition coefficient (Wildman–Crippen LogP) is 7.16. The molecule has 0 aliphatic carbocycles. The van der Waals surface area contributed by atoms with Gasteiger partial charge in [-0.1, -0.05) is 82.9 Å². The zero-order chi connectivity index (χ0) is 41.6. The number of hydrogen-bond acceptors (Lipinski definition) is 8. The number of nitrogens with zero attached hydrogens (tertiary/aromatic N) is 3. The zero-order valence-electron chi connectivity index (χ0n) is 32.6. The van der Waals surface area contributed by atoms with Crippen molar-refractivity contribution in [3.63, 3.8) is 0 Å². The molecule has 4 atom stereocenters. The Hall–Kier alpha value is -4.54. The first-order chi connectivity index (χ1) is 26.4. The van der Waals surface area contributed by atoms with E-state index in [9.17, 15) is 24.4 Å². The summed E-state index contributed by atoms with van der Waals surface area (Å²) in [4.78, 5) is 56.2. The number of nitriles is 1. The number of rotatable bonds is 12. The lowest BCUT2D eigenvalue weighted by molar-refractivity contribution is -0.165. The summed E-state index contributed by atoms with van der Waals surface area (Å²) in [6.07, 6.45) is 3.98. The van der Waals surface area contributed by atoms with Gasteiger partial charge in [0.25, 0.3) is 0 Å². The highest BCUT2D eigenvalue weighted by Gasteiger charge is 2.66. The molecule has 2 fully saturated rings. The molecule has 15 heteroatoms. The van der Waals surface area contributed by atoms with Gasteiger partial charge in [0, 0.05) is 67.9 Å². The maximum absolute atomic E-state index is 16.3. The minimum absolute atomic E-state index is 0.00862. The van der Waals surface area contributed by atoms with Crippen LogP contribution in [0.15, 0.2) is 48.7 Å². The van der Waals surface area contributed by atoms with Gasteiger partial charge in [0.2, 0.25) is 17.7 Å². The van der Waals surface area contributed by atoms with E-state index in [1.165, 1.54) is 47.5 Å². The van der Waals surface area contributed by atoms with Crippen molar-refractivity contribution in [2.75, 3.05) is 19.6 Å². The van der Waals surface area contributed by atoms with Crippen molar-refractivity contribution in [1.29, 1.82) is 10.7 Å². The number of benzene rings is 2. The summed E-state index contributed by atoms with van der Waals surface area (Å²) >= 11 is 12.4. The Kier molecular flexibility index (Phi) is 14.3. The smallest absolute Gasteiger partial charge is 0.306 e. The molecule has 0 spiro atoms. The number of hydrogen-bond donors (Lipinski definition) is 3. The van der Waals surface area contributed by atoms with Crippen LogP contribution in [0, 0.1) is 33.8 Å². The molecule has 0 saturated carbocycles. The van der Waals surface area contributed by atoms with Crippen LogP contribution in [0.25, 0.3) is 0 Å². The molecule has 11 nitrogen and oxygen atoms in total. The number of ether oxygens (including phenoxy) is 1. The molecule has 2 heterocycles. The number of carbonyl (C=O) groups is 4. The number of likely N-dealkylation sites (tertiary alicyclic amines) is 2. The SMILES string of the molecule is CCC(=O)OC1(CN/C=C\C(=N)NC(=O)[C@H]2[C@H](c3cccc(Cl)c3F)[C@@](C#N)(c3ccc(Cl)cc3F)[C@H](CC(C)(C)C)N2C(=O)CC)CCN(C(=O)CC)CC1. The average molecular weight is 816 g/mol. The quantitative estimate of drug-likeness (QED) is 0.117. The lowest BCUT2D eigenvalue weighted by Gasteiger charge is -2.41. The largest absolute Gasteiger partial charge is 0.457 e. The molecule has 0 unspecified atom stereocenters. The Morgan fingerprint density at radius 2 is 1.70 bits per heavy atom. The number of amides is 3. The van der Waals surface area contributed by atoms with Crippen molar-refractivity contribution in [3.8, 4) is 6.07 Å². The van der Waals surface area contributed by atoms with Crippen LogP contribution < -0.4 is 10.6 Å². The van der Waals surface area contributed by atoms with Crippen LogP contribution in [0.3, 0.4) is 0 Å². The third kappa shape index (κ3) is 9.35. The molecule has 3 amide bonds. The molecule has 3 N–H and O–H groups in total. The summed E-state index contributed by atoms with van der Waals surface area (Å²) in [6, 6.07) is 7.39. The van der Waals surface area contributed by atoms with E-state index in [0.717, 1.165) is 6.07 Å². The topological polar surface area (TPSA) is 156 Å². The molecule has 302 valence electrons. The molecule has 2 saturated heterocycles. The van der Waals surface area contributed by atoms with E-state index in [-0.39, 0.29) is 52.9 Å². The van der Waals surface area contributed by atoms with Gasteiger partial charge in [-0.3, -0.25) is 24.6 Å². The summed E-state index contributed by atoms with van der Waals surface area (Å²) in [5.74, 6) is -5.56. The maximum Gasteiger partial charge on any atom is 0.306 e. The van der Waals surface area contributed by atoms with E-state index in [4.69, 9.17) is 33.3 Å². The van der Waals surface area contributed by atoms with Crippen LogP contribution in [0.5, 0.6) is 0 Å². The van der Waals surface area contributed by atoms with Gasteiger partial charge >= 0.3 is 5.97 Å². The van der Waals surface area contributed by atoms with E-state index in [1.54, 1.807) is 25.7 Å². The second-order valence-electron chi connectivity index (χ2n) is 15.5. The van der Waals surface area contributed by atoms with Gasteiger partial charge in [-0.15, -0.1) is 0 Å². The second kappa shape index (κ2) is 18.2. The van der Waals surface area contributed by atoms with Gasteiger partial charge in [0.1, 0.15) is 34.5 Å². The number of halogens is 4. The van der Waals surface area contributed by atoms with Crippen LogP contribution in [0.2, 0.25) is 10.0 Å². The molecular weight excluding hydrogens is 765 g/mol. The molecule has 2 aliphatic heterocycles. The van der Waals surface area contributed by atoms with Crippen molar-refractivity contribution in [1.82, 2.24) is 20.4 Å². The van der Waals surface area contributed by atoms with Crippen LogP contribution in [-0.4, -0.2) is 76.6 Å². The first-order valence-corrected chi connectivity index (χ1v) is 19.5. The summed E-state index contributed by atoms with van der Waals surface area (Å²) < 4.78 is 38.3. The van der Waals surface area contributed by atoms with Crippen LogP contribution in [0.1, 0.15) is 97.1 Å². The fourth-order valence-corrected chi connectivity index (χ4v) is 8.20. The normalized spacial score (nSPS) is 22.1. The Morgan fingerprint density at radius 1 is 1.04 bits per heavy atom. The molecule has 2 aliphatic rings. The van der Waals surface area contributed by atoms with Crippen molar-refractivity contribution in [3.05, 3.63) is 81.5 Å².